The summed E-state index contributed by atoms with van der Waals surface area (Å²) in [5.41, 5.74) is 3.18. The molecule has 1 aromatic heterocycles. The molecule has 32 heavy (non-hydrogen) atoms. The van der Waals surface area contributed by atoms with Crippen LogP contribution in [0, 0.1) is 5.41 Å². The van der Waals surface area contributed by atoms with E-state index in [1.54, 1.807) is 7.11 Å². The molecule has 0 saturated carbocycles. The van der Waals surface area contributed by atoms with Crippen LogP contribution in [0.25, 0.3) is 0 Å². The normalized spacial score (nSPS) is 25.1. The third-order valence-electron chi connectivity index (χ3n) is 6.46. The van der Waals surface area contributed by atoms with E-state index in [0.29, 0.717) is 24.5 Å². The van der Waals surface area contributed by atoms with E-state index in [-0.39, 0.29) is 11.5 Å². The molecule has 0 amide bonds. The van der Waals surface area contributed by atoms with Crippen LogP contribution in [0.5, 0.6) is 5.75 Å². The van der Waals surface area contributed by atoms with E-state index in [4.69, 9.17) is 16.3 Å². The van der Waals surface area contributed by atoms with Gasteiger partial charge in [-0.05, 0) is 55.2 Å². The zero-order valence-electron chi connectivity index (χ0n) is 17.5. The Balaban J connectivity index is 1.61. The summed E-state index contributed by atoms with van der Waals surface area (Å²) in [6, 6.07) is 7.35. The number of anilines is 1. The number of benzene rings is 1. The Kier molecular flexibility index (Phi) is 5.05. The van der Waals surface area contributed by atoms with Crippen LogP contribution in [0.3, 0.4) is 0 Å². The minimum absolute atomic E-state index is 0.238. The number of methoxy groups -OCH3 is 1. The second-order valence-electron chi connectivity index (χ2n) is 8.35. The van der Waals surface area contributed by atoms with Crippen molar-refractivity contribution in [3.8, 4) is 5.75 Å². The number of ether oxygens (including phenoxy) is 1. The van der Waals surface area contributed by atoms with Crippen LogP contribution in [0.4, 0.5) is 18.3 Å². The lowest BCUT2D eigenvalue weighted by molar-refractivity contribution is -0.140. The fourth-order valence-corrected chi connectivity index (χ4v) is 6.06. The summed E-state index contributed by atoms with van der Waals surface area (Å²) in [6.07, 6.45) is 0.863. The van der Waals surface area contributed by atoms with Gasteiger partial charge in [0.25, 0.3) is 0 Å². The molecule has 0 saturated heterocycles. The third-order valence-corrected chi connectivity index (χ3v) is 7.59. The van der Waals surface area contributed by atoms with E-state index >= 15 is 0 Å². The number of rotatable bonds is 3. The van der Waals surface area contributed by atoms with E-state index in [1.807, 2.05) is 41.3 Å². The van der Waals surface area contributed by atoms with Crippen molar-refractivity contribution >= 4 is 28.1 Å². The first-order chi connectivity index (χ1) is 15.2. The van der Waals surface area contributed by atoms with E-state index in [2.05, 4.69) is 17.2 Å². The van der Waals surface area contributed by atoms with Crippen LogP contribution < -0.4 is 15.0 Å². The molecule has 2 unspecified atom stereocenters. The second kappa shape index (κ2) is 7.56. The van der Waals surface area contributed by atoms with E-state index < -0.39 is 11.9 Å². The highest BCUT2D eigenvalue weighted by Gasteiger charge is 2.48. The summed E-state index contributed by atoms with van der Waals surface area (Å²) >= 11 is 7.41. The van der Waals surface area contributed by atoms with Crippen LogP contribution in [0.2, 0.25) is 0 Å². The van der Waals surface area contributed by atoms with Crippen LogP contribution in [-0.2, 0) is 6.18 Å². The maximum Gasteiger partial charge on any atom is 0.434 e. The van der Waals surface area contributed by atoms with Gasteiger partial charge in [-0.1, -0.05) is 23.7 Å². The fraction of sp³-hybridized carbons (Fsp3) is 0.348. The standard InChI is InChI=1S/C23H21ClF3N3OS/c1-22-11-14(24)5-8-17(22)28-19-16(22)9-10-30(21-29-18(12-32-21)23(25,26)27)20(19)13-3-6-15(31-2)7-4-13/h3-8,12,20,28H,9-11H2,1-2H3. The van der Waals surface area contributed by atoms with Crippen LogP contribution in [0.1, 0.15) is 37.1 Å². The van der Waals surface area contributed by atoms with Crippen molar-refractivity contribution in [1.82, 2.24) is 10.3 Å². The maximum atomic E-state index is 13.2. The number of allylic oxidation sites excluding steroid dienone is 4. The topological polar surface area (TPSA) is 37.4 Å². The van der Waals surface area contributed by atoms with Crippen molar-refractivity contribution < 1.29 is 17.9 Å². The third kappa shape index (κ3) is 3.40. The Bertz CT molecular complexity index is 1150. The number of halogens is 4. The number of thiazole rings is 1. The van der Waals surface area contributed by atoms with Crippen molar-refractivity contribution in [2.24, 2.45) is 5.41 Å². The molecule has 5 rings (SSSR count). The number of nitrogens with zero attached hydrogens (tertiary/aromatic N) is 2. The molecule has 1 aliphatic carbocycles. The number of nitrogens with one attached hydrogen (secondary N) is 1. The van der Waals surface area contributed by atoms with Crippen molar-refractivity contribution in [2.45, 2.75) is 32.0 Å². The second-order valence-corrected chi connectivity index (χ2v) is 9.67. The van der Waals surface area contributed by atoms with Crippen LogP contribution >= 0.6 is 22.9 Å². The summed E-state index contributed by atoms with van der Waals surface area (Å²) in [4.78, 5) is 5.91. The SMILES string of the molecule is COc1ccc(C2C3=C(CCN2c2nc(C(F)(F)F)cs2)C2(C)CC(Cl)=CC=C2N3)cc1. The highest BCUT2D eigenvalue weighted by molar-refractivity contribution is 7.13. The molecule has 2 aromatic rings. The largest absolute Gasteiger partial charge is 0.497 e. The van der Waals surface area contributed by atoms with Gasteiger partial charge in [-0.2, -0.15) is 13.2 Å². The average molecular weight is 480 g/mol. The summed E-state index contributed by atoms with van der Waals surface area (Å²) in [5, 5.41) is 5.83. The summed E-state index contributed by atoms with van der Waals surface area (Å²) in [7, 11) is 1.60. The van der Waals surface area contributed by atoms with E-state index in [1.165, 1.54) is 5.57 Å². The summed E-state index contributed by atoms with van der Waals surface area (Å²) in [6.45, 7) is 2.74. The first kappa shape index (κ1) is 21.4. The van der Waals surface area contributed by atoms with Crippen molar-refractivity contribution in [3.05, 3.63) is 75.1 Å². The molecule has 168 valence electrons. The molecule has 3 aliphatic rings. The molecule has 2 atom stereocenters. The van der Waals surface area contributed by atoms with Gasteiger partial charge in [0.05, 0.1) is 13.2 Å². The minimum Gasteiger partial charge on any atom is -0.497 e. The van der Waals surface area contributed by atoms with Gasteiger partial charge < -0.3 is 15.0 Å². The van der Waals surface area contributed by atoms with Gasteiger partial charge in [0.1, 0.15) is 5.75 Å². The van der Waals surface area contributed by atoms with Crippen molar-refractivity contribution in [3.63, 3.8) is 0 Å². The van der Waals surface area contributed by atoms with Gasteiger partial charge in [0, 0.05) is 33.8 Å². The lowest BCUT2D eigenvalue weighted by Gasteiger charge is -2.39. The van der Waals surface area contributed by atoms with Crippen LogP contribution in [0.15, 0.2) is 63.8 Å². The van der Waals surface area contributed by atoms with E-state index in [9.17, 15) is 13.2 Å². The van der Waals surface area contributed by atoms with Gasteiger partial charge in [-0.25, -0.2) is 4.98 Å². The predicted molar refractivity (Wildman–Crippen MR) is 120 cm³/mol. The zero-order chi connectivity index (χ0) is 22.7. The zero-order valence-corrected chi connectivity index (χ0v) is 19.0. The highest BCUT2D eigenvalue weighted by Crippen LogP contribution is 2.55. The molecular weight excluding hydrogens is 459 g/mol. The predicted octanol–water partition coefficient (Wildman–Crippen LogP) is 6.40. The molecule has 1 aromatic carbocycles. The molecule has 9 heteroatoms. The molecule has 4 nitrogen and oxygen atoms in total. The molecule has 0 radical (unpaired) electrons. The quantitative estimate of drug-likeness (QED) is 0.553. The molecule has 0 spiro atoms. The summed E-state index contributed by atoms with van der Waals surface area (Å²) in [5.74, 6) is 0.720. The number of hydrogen-bond acceptors (Lipinski definition) is 5. The first-order valence-corrected chi connectivity index (χ1v) is 11.5. The van der Waals surface area contributed by atoms with Crippen molar-refractivity contribution in [2.75, 3.05) is 18.6 Å². The van der Waals surface area contributed by atoms with Gasteiger partial charge in [0.2, 0.25) is 0 Å². The Morgan fingerprint density at radius 1 is 1.25 bits per heavy atom. The molecule has 2 aliphatic heterocycles. The van der Waals surface area contributed by atoms with Crippen molar-refractivity contribution in [1.29, 1.82) is 0 Å². The maximum absolute atomic E-state index is 13.2. The highest BCUT2D eigenvalue weighted by atomic mass is 35.5. The molecule has 0 bridgehead atoms. The molecule has 3 heterocycles. The fourth-order valence-electron chi connectivity index (χ4n) is 4.84. The van der Waals surface area contributed by atoms with Gasteiger partial charge in [0.15, 0.2) is 10.8 Å². The Morgan fingerprint density at radius 2 is 2.00 bits per heavy atom. The van der Waals surface area contributed by atoms with E-state index in [0.717, 1.165) is 44.5 Å². The lowest BCUT2D eigenvalue weighted by Crippen LogP contribution is -2.37. The Labute approximate surface area is 193 Å². The lowest BCUT2D eigenvalue weighted by atomic mass is 9.73. The number of alkyl halides is 3. The Hall–Kier alpha value is -2.45. The average Bonchev–Trinajstić information content (AvgIpc) is 3.36. The van der Waals surface area contributed by atoms with Crippen LogP contribution in [-0.4, -0.2) is 18.6 Å². The summed E-state index contributed by atoms with van der Waals surface area (Å²) < 4.78 is 45.0. The minimum atomic E-state index is -4.47. The van der Waals surface area contributed by atoms with Gasteiger partial charge in [-0.3, -0.25) is 0 Å². The van der Waals surface area contributed by atoms with Gasteiger partial charge in [-0.15, -0.1) is 11.3 Å². The first-order valence-electron chi connectivity index (χ1n) is 10.2. The monoisotopic (exact) mass is 479 g/mol. The molecule has 1 N–H and O–H groups in total. The Morgan fingerprint density at radius 3 is 2.66 bits per heavy atom. The number of aromatic nitrogens is 1. The van der Waals surface area contributed by atoms with Gasteiger partial charge >= 0.3 is 6.18 Å². The smallest absolute Gasteiger partial charge is 0.434 e. The molecular formula is C23H21ClF3N3OS. The number of fused-ring (bicyclic) bond motifs is 2. The molecule has 0 fully saturated rings. The number of hydrogen-bond donors (Lipinski definition) is 1.